The van der Waals surface area contributed by atoms with Crippen LogP contribution < -0.4 is 15.5 Å². The molecule has 1 aromatic rings. The van der Waals surface area contributed by atoms with Gasteiger partial charge in [0.05, 0.1) is 11.9 Å². The van der Waals surface area contributed by atoms with E-state index in [9.17, 15) is 29.0 Å². The summed E-state index contributed by atoms with van der Waals surface area (Å²) in [6.45, 7) is 0. The predicted molar refractivity (Wildman–Crippen MR) is 47.7 cm³/mol. The van der Waals surface area contributed by atoms with Crippen LogP contribution in [0.15, 0.2) is 24.3 Å². The predicted octanol–water partition coefficient (Wildman–Crippen LogP) is -2.58. The van der Waals surface area contributed by atoms with Gasteiger partial charge in [-0.3, -0.25) is 4.79 Å². The van der Waals surface area contributed by atoms with Crippen molar-refractivity contribution in [3.8, 4) is 0 Å². The van der Waals surface area contributed by atoms with Crippen LogP contribution in [0.3, 0.4) is 0 Å². The maximum atomic E-state index is 12.5. The van der Waals surface area contributed by atoms with E-state index in [4.69, 9.17) is 0 Å². The van der Waals surface area contributed by atoms with Gasteiger partial charge in [0.15, 0.2) is 0 Å². The third-order valence-electron chi connectivity index (χ3n) is 1.85. The largest absolute Gasteiger partial charge is 0.547 e. The lowest BCUT2D eigenvalue weighted by atomic mass is 10.2. The fourth-order valence-corrected chi connectivity index (χ4v) is 1.03. The van der Waals surface area contributed by atoms with Crippen LogP contribution in [0.1, 0.15) is 10.4 Å². The van der Waals surface area contributed by atoms with Crippen molar-refractivity contribution < 1.29 is 29.0 Å². The highest BCUT2D eigenvalue weighted by Crippen LogP contribution is 2.02. The molecule has 1 rings (SSSR count). The number of carboxylic acids is 2. The molecule has 1 aromatic carbocycles. The van der Waals surface area contributed by atoms with Crippen LogP contribution in [0.5, 0.6) is 0 Å². The molecule has 0 atom stereocenters. The van der Waals surface area contributed by atoms with Gasteiger partial charge in [-0.1, -0.05) is 0 Å². The molecule has 0 bridgehead atoms. The van der Waals surface area contributed by atoms with E-state index in [0.29, 0.717) is 0 Å². The molecule has 6 nitrogen and oxygen atoms in total. The van der Waals surface area contributed by atoms with Crippen LogP contribution in [0.2, 0.25) is 0 Å². The Labute approximate surface area is 94.7 Å². The lowest BCUT2D eigenvalue weighted by molar-refractivity contribution is -0.326. The molecular weight excluding hydrogens is 233 g/mol. The minimum Gasteiger partial charge on any atom is -0.547 e. The number of carbonyl (C=O) groups is 3. The van der Waals surface area contributed by atoms with Gasteiger partial charge in [0.25, 0.3) is 5.91 Å². The molecule has 90 valence electrons. The molecule has 0 unspecified atom stereocenters. The molecule has 0 aliphatic heterocycles. The Bertz CT molecular complexity index is 442. The lowest BCUT2D eigenvalue weighted by Gasteiger charge is -2.20. The van der Waals surface area contributed by atoms with Gasteiger partial charge in [-0.2, -0.15) is 0 Å². The van der Waals surface area contributed by atoms with Crippen molar-refractivity contribution >= 4 is 17.8 Å². The molecule has 0 aromatic heterocycles. The second-order valence-corrected chi connectivity index (χ2v) is 3.05. The zero-order chi connectivity index (χ0) is 13.0. The molecule has 0 saturated carbocycles. The first-order chi connectivity index (χ1) is 7.91. The Morgan fingerprint density at radius 1 is 1.06 bits per heavy atom. The number of rotatable bonds is 4. The average Bonchev–Trinajstić information content (AvgIpc) is 2.25. The molecule has 1 N–H and O–H groups in total. The van der Waals surface area contributed by atoms with Crippen LogP contribution in [0.25, 0.3) is 0 Å². The summed E-state index contributed by atoms with van der Waals surface area (Å²) < 4.78 is 12.5. The summed E-state index contributed by atoms with van der Waals surface area (Å²) in [5.41, 5.74) is -0.0844. The molecule has 0 fully saturated rings. The van der Waals surface area contributed by atoms with Gasteiger partial charge in [-0.15, -0.1) is 0 Å². The van der Waals surface area contributed by atoms with E-state index in [1.165, 1.54) is 0 Å². The Morgan fingerprint density at radius 2 is 1.53 bits per heavy atom. The molecule has 0 radical (unpaired) electrons. The van der Waals surface area contributed by atoms with E-state index in [1.54, 1.807) is 5.32 Å². The number of aliphatic carboxylic acids is 2. The molecule has 17 heavy (non-hydrogen) atoms. The van der Waals surface area contributed by atoms with E-state index in [2.05, 4.69) is 0 Å². The van der Waals surface area contributed by atoms with Gasteiger partial charge in [-0.05, 0) is 24.3 Å². The van der Waals surface area contributed by atoms with Gasteiger partial charge >= 0.3 is 0 Å². The fraction of sp³-hybridized carbons (Fsp3) is 0.100. The number of nitrogens with one attached hydrogen (secondary N) is 1. The summed E-state index contributed by atoms with van der Waals surface area (Å²) >= 11 is 0. The highest BCUT2D eigenvalue weighted by Gasteiger charge is 2.15. The first-order valence-electron chi connectivity index (χ1n) is 4.40. The van der Waals surface area contributed by atoms with Gasteiger partial charge < -0.3 is 25.1 Å². The quantitative estimate of drug-likeness (QED) is 0.580. The SMILES string of the molecule is O=C(NC(C(=O)[O-])C(=O)[O-])c1ccc(F)cc1. The smallest absolute Gasteiger partial charge is 0.252 e. The lowest BCUT2D eigenvalue weighted by Crippen LogP contribution is -2.57. The standard InChI is InChI=1S/C10H8FNO5/c11-6-3-1-5(2-4-6)8(13)12-7(9(14)15)10(16)17/h1-4,7H,(H,12,13)(H,14,15)(H,16,17)/p-2. The Kier molecular flexibility index (Phi) is 3.76. The molecular formula is C10H6FNO5-2. The number of benzene rings is 1. The van der Waals surface area contributed by atoms with E-state index in [1.807, 2.05) is 0 Å². The molecule has 0 saturated heterocycles. The van der Waals surface area contributed by atoms with Crippen LogP contribution in [0, 0.1) is 5.82 Å². The topological polar surface area (TPSA) is 109 Å². The minimum atomic E-state index is -2.26. The van der Waals surface area contributed by atoms with Crippen LogP contribution >= 0.6 is 0 Å². The third kappa shape index (κ3) is 3.26. The van der Waals surface area contributed by atoms with Crippen LogP contribution in [-0.2, 0) is 9.59 Å². The summed E-state index contributed by atoms with van der Waals surface area (Å²) in [4.78, 5) is 32.1. The Hall–Kier alpha value is -2.44. The van der Waals surface area contributed by atoms with Gasteiger partial charge in [0, 0.05) is 5.56 Å². The van der Waals surface area contributed by atoms with Crippen molar-refractivity contribution in [2.24, 2.45) is 0 Å². The zero-order valence-electron chi connectivity index (χ0n) is 8.31. The van der Waals surface area contributed by atoms with Crippen LogP contribution in [-0.4, -0.2) is 23.9 Å². The molecule has 0 heterocycles. The zero-order valence-corrected chi connectivity index (χ0v) is 8.31. The molecule has 0 spiro atoms. The second-order valence-electron chi connectivity index (χ2n) is 3.05. The van der Waals surface area contributed by atoms with Crippen molar-refractivity contribution in [2.75, 3.05) is 0 Å². The normalized spacial score (nSPS) is 10.0. The highest BCUT2D eigenvalue weighted by molar-refractivity contribution is 6.03. The first kappa shape index (κ1) is 12.6. The fourth-order valence-electron chi connectivity index (χ4n) is 1.03. The Balaban J connectivity index is 2.81. The van der Waals surface area contributed by atoms with E-state index in [-0.39, 0.29) is 5.56 Å². The maximum Gasteiger partial charge on any atom is 0.252 e. The molecule has 7 heteroatoms. The molecule has 1 amide bonds. The van der Waals surface area contributed by atoms with Crippen molar-refractivity contribution in [3.05, 3.63) is 35.6 Å². The Morgan fingerprint density at radius 3 is 1.94 bits per heavy atom. The van der Waals surface area contributed by atoms with Gasteiger partial charge in [0.2, 0.25) is 0 Å². The molecule has 0 aliphatic carbocycles. The van der Waals surface area contributed by atoms with E-state index in [0.717, 1.165) is 24.3 Å². The average molecular weight is 239 g/mol. The minimum absolute atomic E-state index is 0.0844. The number of carboxylic acid groups (broad SMARTS) is 2. The number of carbonyl (C=O) groups excluding carboxylic acids is 3. The number of hydrogen-bond donors (Lipinski definition) is 1. The van der Waals surface area contributed by atoms with Gasteiger partial charge in [0.1, 0.15) is 11.9 Å². The van der Waals surface area contributed by atoms with Crippen molar-refractivity contribution in [2.45, 2.75) is 6.04 Å². The summed E-state index contributed by atoms with van der Waals surface area (Å²) in [5, 5.41) is 22.4. The second kappa shape index (κ2) is 5.06. The summed E-state index contributed by atoms with van der Waals surface area (Å²) in [7, 11) is 0. The maximum absolute atomic E-state index is 12.5. The van der Waals surface area contributed by atoms with Crippen molar-refractivity contribution in [3.63, 3.8) is 0 Å². The van der Waals surface area contributed by atoms with Crippen LogP contribution in [0.4, 0.5) is 4.39 Å². The monoisotopic (exact) mass is 239 g/mol. The summed E-state index contributed by atoms with van der Waals surface area (Å²) in [6, 6.07) is 1.84. The summed E-state index contributed by atoms with van der Waals surface area (Å²) in [5.74, 6) is -5.57. The number of halogens is 1. The van der Waals surface area contributed by atoms with Gasteiger partial charge in [-0.25, -0.2) is 4.39 Å². The van der Waals surface area contributed by atoms with E-state index >= 15 is 0 Å². The first-order valence-corrected chi connectivity index (χ1v) is 4.40. The highest BCUT2D eigenvalue weighted by atomic mass is 19.1. The van der Waals surface area contributed by atoms with Crippen molar-refractivity contribution in [1.29, 1.82) is 0 Å². The third-order valence-corrected chi connectivity index (χ3v) is 1.85. The van der Waals surface area contributed by atoms with E-state index < -0.39 is 29.7 Å². The van der Waals surface area contributed by atoms with Crippen molar-refractivity contribution in [1.82, 2.24) is 5.32 Å². The molecule has 0 aliphatic rings. The summed E-state index contributed by atoms with van der Waals surface area (Å²) in [6.07, 6.45) is 0. The number of amides is 1. The number of hydrogen-bond acceptors (Lipinski definition) is 5.